The van der Waals surface area contributed by atoms with Crippen molar-refractivity contribution in [3.8, 4) is 0 Å². The first-order valence-corrected chi connectivity index (χ1v) is 5.83. The third-order valence-electron chi connectivity index (χ3n) is 1.96. The van der Waals surface area contributed by atoms with E-state index < -0.39 is 5.97 Å². The highest BCUT2D eigenvalue weighted by molar-refractivity contribution is 7.08. The van der Waals surface area contributed by atoms with Crippen molar-refractivity contribution in [2.45, 2.75) is 19.8 Å². The van der Waals surface area contributed by atoms with Crippen molar-refractivity contribution in [3.63, 3.8) is 0 Å². The van der Waals surface area contributed by atoms with Gasteiger partial charge in [-0.2, -0.15) is 0 Å². The highest BCUT2D eigenvalue weighted by atomic mass is 32.1. The zero-order valence-corrected chi connectivity index (χ0v) is 9.76. The second-order valence-electron chi connectivity index (χ2n) is 3.35. The van der Waals surface area contributed by atoms with Crippen molar-refractivity contribution >= 4 is 29.0 Å². The number of aryl methyl sites for hydroxylation is 1. The van der Waals surface area contributed by atoms with Crippen LogP contribution in [0.4, 0.5) is 10.5 Å². The fraction of sp³-hybridized carbons (Fsp3) is 0.400. The summed E-state index contributed by atoms with van der Waals surface area (Å²) in [4.78, 5) is 21.6. The molecule has 0 spiro atoms. The largest absolute Gasteiger partial charge is 0.481 e. The van der Waals surface area contributed by atoms with Gasteiger partial charge in [-0.25, -0.2) is 4.79 Å². The molecule has 6 heteroatoms. The van der Waals surface area contributed by atoms with E-state index >= 15 is 0 Å². The van der Waals surface area contributed by atoms with Gasteiger partial charge in [-0.1, -0.05) is 0 Å². The molecule has 0 fully saturated rings. The minimum absolute atomic E-state index is 0.0672. The Morgan fingerprint density at radius 2 is 2.19 bits per heavy atom. The predicted octanol–water partition coefficient (Wildman–Crippen LogP) is 2.04. The van der Waals surface area contributed by atoms with E-state index in [0.717, 1.165) is 11.3 Å². The molecule has 2 amide bonds. The highest BCUT2D eigenvalue weighted by Gasteiger charge is 2.04. The molecule has 0 aliphatic heterocycles. The number of aliphatic carboxylic acids is 1. The maximum absolute atomic E-state index is 11.3. The molecule has 1 rings (SSSR count). The molecule has 3 N–H and O–H groups in total. The molecule has 0 bridgehead atoms. The molecule has 1 aromatic heterocycles. The summed E-state index contributed by atoms with van der Waals surface area (Å²) in [6, 6.07) is -0.299. The minimum atomic E-state index is -0.851. The van der Waals surface area contributed by atoms with Crippen molar-refractivity contribution in [2.24, 2.45) is 0 Å². The van der Waals surface area contributed by atoms with Crippen molar-refractivity contribution < 1.29 is 14.7 Å². The van der Waals surface area contributed by atoms with Crippen LogP contribution in [-0.4, -0.2) is 23.7 Å². The number of carboxylic acids is 1. The van der Waals surface area contributed by atoms with Crippen LogP contribution in [0, 0.1) is 6.92 Å². The Kier molecular flexibility index (Phi) is 4.78. The fourth-order valence-corrected chi connectivity index (χ4v) is 1.88. The number of nitrogens with one attached hydrogen (secondary N) is 2. The van der Waals surface area contributed by atoms with E-state index in [1.54, 1.807) is 0 Å². The van der Waals surface area contributed by atoms with Crippen LogP contribution in [0.2, 0.25) is 0 Å². The lowest BCUT2D eigenvalue weighted by Crippen LogP contribution is -2.29. The van der Waals surface area contributed by atoms with Crippen molar-refractivity contribution in [1.29, 1.82) is 0 Å². The Labute approximate surface area is 97.5 Å². The van der Waals surface area contributed by atoms with Crippen LogP contribution in [-0.2, 0) is 4.79 Å². The molecule has 0 aliphatic rings. The van der Waals surface area contributed by atoms with E-state index in [-0.39, 0.29) is 12.5 Å². The van der Waals surface area contributed by atoms with Crippen molar-refractivity contribution in [2.75, 3.05) is 11.9 Å². The van der Waals surface area contributed by atoms with Gasteiger partial charge in [0.15, 0.2) is 0 Å². The van der Waals surface area contributed by atoms with Gasteiger partial charge in [-0.3, -0.25) is 4.79 Å². The first-order chi connectivity index (χ1) is 7.59. The van der Waals surface area contributed by atoms with Crippen LogP contribution in [0.25, 0.3) is 0 Å². The third kappa shape index (κ3) is 4.31. The average Bonchev–Trinajstić information content (AvgIpc) is 2.59. The first-order valence-electron chi connectivity index (χ1n) is 4.89. The highest BCUT2D eigenvalue weighted by Crippen LogP contribution is 2.18. The Bertz CT molecular complexity index is 376. The topological polar surface area (TPSA) is 78.4 Å². The smallest absolute Gasteiger partial charge is 0.319 e. The Morgan fingerprint density at radius 3 is 2.75 bits per heavy atom. The third-order valence-corrected chi connectivity index (χ3v) is 2.82. The van der Waals surface area contributed by atoms with E-state index in [9.17, 15) is 9.59 Å². The summed E-state index contributed by atoms with van der Waals surface area (Å²) in [5.41, 5.74) is 1.81. The number of urea groups is 1. The molecule has 1 aromatic rings. The number of amides is 2. The second-order valence-corrected chi connectivity index (χ2v) is 4.09. The van der Waals surface area contributed by atoms with Crippen molar-refractivity contribution in [3.05, 3.63) is 16.3 Å². The number of hydrogen-bond donors (Lipinski definition) is 3. The van der Waals surface area contributed by atoms with E-state index in [1.165, 1.54) is 11.3 Å². The molecule has 5 nitrogen and oxygen atoms in total. The number of hydrogen-bond acceptors (Lipinski definition) is 3. The molecule has 0 atom stereocenters. The fourth-order valence-electron chi connectivity index (χ4n) is 1.10. The molecule has 0 radical (unpaired) electrons. The molecule has 88 valence electrons. The standard InChI is InChI=1S/C10H14N2O3S/c1-7-5-16-6-8(7)12-10(15)11-4-2-3-9(13)14/h5-6H,2-4H2,1H3,(H,13,14)(H2,11,12,15). The Balaban J connectivity index is 2.21. The minimum Gasteiger partial charge on any atom is -0.481 e. The van der Waals surface area contributed by atoms with Gasteiger partial charge < -0.3 is 15.7 Å². The summed E-state index contributed by atoms with van der Waals surface area (Å²) in [5, 5.41) is 17.5. The molecule has 0 unspecified atom stereocenters. The Morgan fingerprint density at radius 1 is 1.44 bits per heavy atom. The van der Waals surface area contributed by atoms with Crippen LogP contribution in [0.3, 0.4) is 0 Å². The van der Waals surface area contributed by atoms with Gasteiger partial charge in [-0.05, 0) is 24.3 Å². The number of carbonyl (C=O) groups is 2. The molecule has 0 saturated heterocycles. The second kappa shape index (κ2) is 6.12. The maximum atomic E-state index is 11.3. The SMILES string of the molecule is Cc1cscc1NC(=O)NCCCC(=O)O. The summed E-state index contributed by atoms with van der Waals surface area (Å²) in [7, 11) is 0. The summed E-state index contributed by atoms with van der Waals surface area (Å²) < 4.78 is 0. The van der Waals surface area contributed by atoms with Gasteiger partial charge in [-0.15, -0.1) is 11.3 Å². The summed E-state index contributed by atoms with van der Waals surface area (Å²) >= 11 is 1.52. The lowest BCUT2D eigenvalue weighted by Gasteiger charge is -2.06. The van der Waals surface area contributed by atoms with Crippen LogP contribution in [0.5, 0.6) is 0 Å². The van der Waals surface area contributed by atoms with Gasteiger partial charge in [0.2, 0.25) is 0 Å². The molecular formula is C10H14N2O3S. The van der Waals surface area contributed by atoms with Gasteiger partial charge in [0, 0.05) is 18.3 Å². The predicted molar refractivity (Wildman–Crippen MR) is 62.9 cm³/mol. The average molecular weight is 242 g/mol. The van der Waals surface area contributed by atoms with Gasteiger partial charge in [0.05, 0.1) is 5.69 Å². The van der Waals surface area contributed by atoms with Gasteiger partial charge in [0.25, 0.3) is 0 Å². The number of rotatable bonds is 5. The molecule has 16 heavy (non-hydrogen) atoms. The number of carbonyl (C=O) groups excluding carboxylic acids is 1. The first kappa shape index (κ1) is 12.5. The lowest BCUT2D eigenvalue weighted by atomic mass is 10.3. The number of anilines is 1. The summed E-state index contributed by atoms with van der Waals surface area (Å²) in [5.74, 6) is -0.851. The zero-order chi connectivity index (χ0) is 12.0. The van der Waals surface area contributed by atoms with E-state index in [1.807, 2.05) is 17.7 Å². The van der Waals surface area contributed by atoms with Crippen LogP contribution in [0.1, 0.15) is 18.4 Å². The number of thiophene rings is 1. The molecule has 0 aromatic carbocycles. The quantitative estimate of drug-likeness (QED) is 0.691. The number of carboxylic acid groups (broad SMARTS) is 1. The van der Waals surface area contributed by atoms with Gasteiger partial charge >= 0.3 is 12.0 Å². The Hall–Kier alpha value is -1.56. The molecule has 0 saturated carbocycles. The van der Waals surface area contributed by atoms with Crippen LogP contribution in [0.15, 0.2) is 10.8 Å². The summed E-state index contributed by atoms with van der Waals surface area (Å²) in [6.07, 6.45) is 0.503. The van der Waals surface area contributed by atoms with E-state index in [0.29, 0.717) is 13.0 Å². The van der Waals surface area contributed by atoms with Crippen LogP contribution >= 0.6 is 11.3 Å². The van der Waals surface area contributed by atoms with E-state index in [2.05, 4.69) is 10.6 Å². The molecule has 1 heterocycles. The van der Waals surface area contributed by atoms with E-state index in [4.69, 9.17) is 5.11 Å². The monoisotopic (exact) mass is 242 g/mol. The molecular weight excluding hydrogens is 228 g/mol. The molecule has 0 aliphatic carbocycles. The summed E-state index contributed by atoms with van der Waals surface area (Å²) in [6.45, 7) is 2.28. The van der Waals surface area contributed by atoms with Crippen LogP contribution < -0.4 is 10.6 Å². The maximum Gasteiger partial charge on any atom is 0.319 e. The lowest BCUT2D eigenvalue weighted by molar-refractivity contribution is -0.137. The normalized spacial score (nSPS) is 9.81. The van der Waals surface area contributed by atoms with Crippen molar-refractivity contribution in [1.82, 2.24) is 5.32 Å². The zero-order valence-electron chi connectivity index (χ0n) is 8.95. The van der Waals surface area contributed by atoms with Gasteiger partial charge in [0.1, 0.15) is 0 Å².